The second-order valence-electron chi connectivity index (χ2n) is 1.85. The van der Waals surface area contributed by atoms with E-state index in [1.165, 1.54) is 0 Å². The van der Waals surface area contributed by atoms with Crippen LogP contribution in [0.25, 0.3) is 0 Å². The molecule has 1 unspecified atom stereocenters. The summed E-state index contributed by atoms with van der Waals surface area (Å²) in [4.78, 5) is 10.7. The Morgan fingerprint density at radius 2 is 2.27 bits per heavy atom. The Bertz CT molecular complexity index is 138. The van der Waals surface area contributed by atoms with E-state index in [4.69, 9.17) is 4.52 Å². The number of unbranched alkanes of at least 4 members (excludes halogenated alkanes) is 1. The molecule has 0 heterocycles. The molecule has 0 aliphatic heterocycles. The van der Waals surface area contributed by atoms with Gasteiger partial charge in [0.05, 0.1) is 6.61 Å². The van der Waals surface area contributed by atoms with Gasteiger partial charge in [-0.3, -0.25) is 0 Å². The molecular formula is C7H12O3P-. The fraction of sp³-hybridized carbons (Fsp3) is 0.714. The molecule has 0 aromatic rings. The lowest BCUT2D eigenvalue weighted by molar-refractivity contribution is -0.198. The SMILES string of the molecule is CC#COP([O-])OCCCC. The molecular weight excluding hydrogens is 163 g/mol. The van der Waals surface area contributed by atoms with Crippen LogP contribution in [-0.4, -0.2) is 6.61 Å². The van der Waals surface area contributed by atoms with Gasteiger partial charge >= 0.3 is 0 Å². The lowest BCUT2D eigenvalue weighted by Gasteiger charge is -2.17. The van der Waals surface area contributed by atoms with Crippen LogP contribution in [-0.2, 0) is 9.05 Å². The van der Waals surface area contributed by atoms with E-state index in [0.717, 1.165) is 12.8 Å². The van der Waals surface area contributed by atoms with Crippen LogP contribution < -0.4 is 4.89 Å². The van der Waals surface area contributed by atoms with E-state index >= 15 is 0 Å². The van der Waals surface area contributed by atoms with E-state index in [0.29, 0.717) is 6.61 Å². The van der Waals surface area contributed by atoms with Gasteiger partial charge in [0.15, 0.2) is 8.60 Å². The minimum Gasteiger partial charge on any atom is -0.775 e. The molecule has 11 heavy (non-hydrogen) atoms. The normalized spacial score (nSPS) is 11.5. The van der Waals surface area contributed by atoms with Gasteiger partial charge in [0.1, 0.15) is 6.11 Å². The molecule has 1 atom stereocenters. The van der Waals surface area contributed by atoms with Crippen LogP contribution in [0, 0.1) is 12.0 Å². The van der Waals surface area contributed by atoms with Crippen LogP contribution in [0.2, 0.25) is 0 Å². The molecule has 4 heteroatoms. The van der Waals surface area contributed by atoms with E-state index in [2.05, 4.69) is 16.6 Å². The summed E-state index contributed by atoms with van der Waals surface area (Å²) in [7, 11) is -2.02. The van der Waals surface area contributed by atoms with Crippen LogP contribution >= 0.6 is 8.60 Å². The number of hydrogen-bond donors (Lipinski definition) is 0. The maximum Gasteiger partial charge on any atom is 0.162 e. The highest BCUT2D eigenvalue weighted by atomic mass is 31.2. The fourth-order valence-electron chi connectivity index (χ4n) is 0.393. The van der Waals surface area contributed by atoms with E-state index in [-0.39, 0.29) is 0 Å². The number of rotatable bonds is 5. The molecule has 0 aromatic carbocycles. The first-order chi connectivity index (χ1) is 5.31. The van der Waals surface area contributed by atoms with Gasteiger partial charge in [-0.05, 0) is 6.42 Å². The molecule has 0 aliphatic carbocycles. The molecule has 0 bridgehead atoms. The average Bonchev–Trinajstić information content (AvgIpc) is 2.01. The van der Waals surface area contributed by atoms with Crippen molar-refractivity contribution >= 4 is 8.60 Å². The Kier molecular flexibility index (Phi) is 7.61. The molecule has 0 aromatic heterocycles. The quantitative estimate of drug-likeness (QED) is 0.360. The van der Waals surface area contributed by atoms with Gasteiger partial charge in [-0.15, -0.1) is 0 Å². The second-order valence-corrected chi connectivity index (χ2v) is 2.74. The van der Waals surface area contributed by atoms with Gasteiger partial charge in [0.25, 0.3) is 0 Å². The van der Waals surface area contributed by atoms with Gasteiger partial charge in [-0.2, -0.15) is 0 Å². The third-order valence-corrected chi connectivity index (χ3v) is 1.55. The monoisotopic (exact) mass is 175 g/mol. The molecule has 64 valence electrons. The zero-order valence-corrected chi connectivity index (χ0v) is 7.69. The topological polar surface area (TPSA) is 41.5 Å². The summed E-state index contributed by atoms with van der Waals surface area (Å²) in [6.45, 7) is 4.11. The van der Waals surface area contributed by atoms with Crippen LogP contribution in [0.5, 0.6) is 0 Å². The molecule has 0 fully saturated rings. The van der Waals surface area contributed by atoms with Gasteiger partial charge in [0, 0.05) is 6.92 Å². The van der Waals surface area contributed by atoms with Crippen molar-refractivity contribution in [1.29, 1.82) is 0 Å². The molecule has 0 radical (unpaired) electrons. The summed E-state index contributed by atoms with van der Waals surface area (Å²) in [5.74, 6) is 2.45. The fourth-order valence-corrected chi connectivity index (χ4v) is 0.889. The predicted octanol–water partition coefficient (Wildman–Crippen LogP) is 1.39. The largest absolute Gasteiger partial charge is 0.775 e. The molecule has 0 spiro atoms. The Morgan fingerprint density at radius 3 is 2.82 bits per heavy atom. The van der Waals surface area contributed by atoms with Gasteiger partial charge in [0.2, 0.25) is 0 Å². The summed E-state index contributed by atoms with van der Waals surface area (Å²) < 4.78 is 9.23. The highest BCUT2D eigenvalue weighted by Gasteiger charge is 1.91. The van der Waals surface area contributed by atoms with Crippen molar-refractivity contribution in [2.45, 2.75) is 26.7 Å². The van der Waals surface area contributed by atoms with Crippen molar-refractivity contribution in [1.82, 2.24) is 0 Å². The minimum absolute atomic E-state index is 0.469. The molecule has 3 nitrogen and oxygen atoms in total. The van der Waals surface area contributed by atoms with Crippen LogP contribution in [0.4, 0.5) is 0 Å². The van der Waals surface area contributed by atoms with Crippen LogP contribution in [0.3, 0.4) is 0 Å². The van der Waals surface area contributed by atoms with Crippen molar-refractivity contribution < 1.29 is 13.9 Å². The summed E-state index contributed by atoms with van der Waals surface area (Å²) in [6.07, 6.45) is 4.13. The van der Waals surface area contributed by atoms with Crippen molar-refractivity contribution in [3.63, 3.8) is 0 Å². The van der Waals surface area contributed by atoms with E-state index in [1.807, 2.05) is 6.92 Å². The zero-order valence-electron chi connectivity index (χ0n) is 6.79. The highest BCUT2D eigenvalue weighted by molar-refractivity contribution is 7.39. The molecule has 0 amide bonds. The summed E-state index contributed by atoms with van der Waals surface area (Å²) in [5.41, 5.74) is 0. The van der Waals surface area contributed by atoms with Crippen molar-refractivity contribution in [2.24, 2.45) is 0 Å². The first kappa shape index (κ1) is 10.7. The van der Waals surface area contributed by atoms with Crippen molar-refractivity contribution in [2.75, 3.05) is 6.61 Å². The standard InChI is InChI=1S/C7H12O3P/c1-3-5-7-10-11(8)9-6-4-2/h3,5,7H2,1-2H3/q-1. The summed E-state index contributed by atoms with van der Waals surface area (Å²) in [6, 6.07) is 0. The Labute approximate surface area is 68.7 Å². The first-order valence-electron chi connectivity index (χ1n) is 3.50. The smallest absolute Gasteiger partial charge is 0.162 e. The Morgan fingerprint density at radius 1 is 1.55 bits per heavy atom. The molecule has 0 N–H and O–H groups in total. The summed E-state index contributed by atoms with van der Waals surface area (Å²) in [5, 5.41) is 0. The van der Waals surface area contributed by atoms with Crippen LogP contribution in [0.1, 0.15) is 26.7 Å². The van der Waals surface area contributed by atoms with Crippen molar-refractivity contribution in [3.8, 4) is 12.0 Å². The molecule has 0 aliphatic rings. The summed E-state index contributed by atoms with van der Waals surface area (Å²) >= 11 is 0. The maximum atomic E-state index is 10.7. The Hall–Kier alpha value is -0.290. The van der Waals surface area contributed by atoms with Crippen molar-refractivity contribution in [3.05, 3.63) is 0 Å². The zero-order chi connectivity index (χ0) is 8.53. The Balaban J connectivity index is 3.19. The van der Waals surface area contributed by atoms with Gasteiger partial charge in [-0.25, -0.2) is 0 Å². The maximum absolute atomic E-state index is 10.7. The van der Waals surface area contributed by atoms with Gasteiger partial charge < -0.3 is 13.9 Å². The van der Waals surface area contributed by atoms with Gasteiger partial charge in [-0.1, -0.05) is 19.3 Å². The van der Waals surface area contributed by atoms with E-state index in [1.54, 1.807) is 6.92 Å². The third kappa shape index (κ3) is 7.61. The first-order valence-corrected chi connectivity index (χ1v) is 4.59. The molecule has 0 saturated carbocycles. The minimum atomic E-state index is -2.02. The highest BCUT2D eigenvalue weighted by Crippen LogP contribution is 2.26. The molecule has 0 saturated heterocycles. The van der Waals surface area contributed by atoms with E-state index in [9.17, 15) is 4.89 Å². The predicted molar refractivity (Wildman–Crippen MR) is 42.3 cm³/mol. The number of hydrogen-bond acceptors (Lipinski definition) is 3. The van der Waals surface area contributed by atoms with E-state index < -0.39 is 8.60 Å². The second kappa shape index (κ2) is 7.81. The third-order valence-electron chi connectivity index (χ3n) is 0.917. The lowest BCUT2D eigenvalue weighted by Crippen LogP contribution is -2.01. The lowest BCUT2D eigenvalue weighted by atomic mass is 10.4. The van der Waals surface area contributed by atoms with Crippen LogP contribution in [0.15, 0.2) is 0 Å². The average molecular weight is 175 g/mol. The molecule has 0 rings (SSSR count).